The molecule has 0 unspecified atom stereocenters. The lowest BCUT2D eigenvalue weighted by Gasteiger charge is -2.14. The fourth-order valence-corrected chi connectivity index (χ4v) is 3.33. The Balaban J connectivity index is 2.11. The number of aromatic amines is 1. The summed E-state index contributed by atoms with van der Waals surface area (Å²) >= 11 is 0. The van der Waals surface area contributed by atoms with Gasteiger partial charge in [-0.25, -0.2) is 9.18 Å². The van der Waals surface area contributed by atoms with Crippen molar-refractivity contribution in [2.45, 2.75) is 26.7 Å². The molecule has 142 valence electrons. The number of ether oxygens (including phenoxy) is 1. The second-order valence-corrected chi connectivity index (χ2v) is 6.43. The van der Waals surface area contributed by atoms with Crippen molar-refractivity contribution < 1.29 is 23.5 Å². The predicted octanol–water partition coefficient (Wildman–Crippen LogP) is 3.11. The number of rotatable bonds is 5. The Morgan fingerprint density at radius 3 is 2.37 bits per heavy atom. The van der Waals surface area contributed by atoms with Gasteiger partial charge in [-0.2, -0.15) is 0 Å². The molecule has 0 atom stereocenters. The van der Waals surface area contributed by atoms with Crippen LogP contribution in [0.2, 0.25) is 0 Å². The highest BCUT2D eigenvalue weighted by atomic mass is 19.1. The molecule has 6 nitrogen and oxygen atoms in total. The number of ketones is 1. The minimum atomic E-state index is -0.713. The van der Waals surface area contributed by atoms with Crippen LogP contribution in [-0.4, -0.2) is 47.2 Å². The third kappa shape index (κ3) is 3.63. The smallest absolute Gasteiger partial charge is 0.340 e. The number of esters is 1. The molecule has 1 amide bonds. The van der Waals surface area contributed by atoms with Crippen LogP contribution in [0.1, 0.15) is 46.3 Å². The molecule has 0 spiro atoms. The van der Waals surface area contributed by atoms with Gasteiger partial charge in [0.05, 0.1) is 12.2 Å². The van der Waals surface area contributed by atoms with Gasteiger partial charge in [-0.05, 0) is 44.4 Å². The number of carbonyl (C=O) groups is 3. The van der Waals surface area contributed by atoms with Crippen molar-refractivity contribution in [3.05, 3.63) is 47.0 Å². The van der Waals surface area contributed by atoms with Gasteiger partial charge in [0.1, 0.15) is 11.5 Å². The Hall–Kier alpha value is -2.96. The molecular weight excluding hydrogens is 351 g/mol. The first-order valence-electron chi connectivity index (χ1n) is 8.93. The first-order valence-corrected chi connectivity index (χ1v) is 8.93. The van der Waals surface area contributed by atoms with E-state index in [1.807, 2.05) is 0 Å². The summed E-state index contributed by atoms with van der Waals surface area (Å²) in [6, 6.07) is 5.42. The maximum Gasteiger partial charge on any atom is 0.340 e. The molecule has 3 rings (SSSR count). The molecular formula is C20H21FN2O4. The van der Waals surface area contributed by atoms with Crippen LogP contribution in [-0.2, 0) is 9.53 Å². The third-order valence-electron chi connectivity index (χ3n) is 4.61. The molecule has 0 saturated carbocycles. The Kier molecular flexibility index (Phi) is 5.39. The number of H-pyrrole nitrogens is 1. The Morgan fingerprint density at radius 2 is 1.78 bits per heavy atom. The summed E-state index contributed by atoms with van der Waals surface area (Å²) in [6.45, 7) is 4.57. The summed E-state index contributed by atoms with van der Waals surface area (Å²) in [5.41, 5.74) is 1.36. The van der Waals surface area contributed by atoms with Crippen molar-refractivity contribution in [2.75, 3.05) is 19.7 Å². The van der Waals surface area contributed by atoms with E-state index in [4.69, 9.17) is 4.74 Å². The van der Waals surface area contributed by atoms with Crippen LogP contribution in [0, 0.1) is 12.7 Å². The van der Waals surface area contributed by atoms with Crippen LogP contribution in [0.25, 0.3) is 11.1 Å². The topological polar surface area (TPSA) is 79.5 Å². The predicted molar refractivity (Wildman–Crippen MR) is 97.0 cm³/mol. The first-order chi connectivity index (χ1) is 12.9. The number of hydrogen-bond donors (Lipinski definition) is 1. The fraction of sp³-hybridized carbons (Fsp3) is 0.350. The zero-order chi connectivity index (χ0) is 19.6. The zero-order valence-electron chi connectivity index (χ0n) is 15.3. The van der Waals surface area contributed by atoms with Crippen molar-refractivity contribution in [3.8, 4) is 11.1 Å². The van der Waals surface area contributed by atoms with E-state index in [0.717, 1.165) is 12.8 Å². The average molecular weight is 372 g/mol. The van der Waals surface area contributed by atoms with E-state index in [-0.39, 0.29) is 23.4 Å². The maximum atomic E-state index is 13.4. The van der Waals surface area contributed by atoms with Crippen molar-refractivity contribution in [1.29, 1.82) is 0 Å². The fourth-order valence-electron chi connectivity index (χ4n) is 3.33. The van der Waals surface area contributed by atoms with Gasteiger partial charge < -0.3 is 14.6 Å². The molecule has 0 radical (unpaired) electrons. The highest BCUT2D eigenvalue weighted by molar-refractivity contribution is 6.43. The molecule has 1 aromatic carbocycles. The lowest BCUT2D eigenvalue weighted by molar-refractivity contribution is -0.125. The number of benzene rings is 1. The highest BCUT2D eigenvalue weighted by Crippen LogP contribution is 2.32. The quantitative estimate of drug-likeness (QED) is 0.497. The van der Waals surface area contributed by atoms with E-state index in [9.17, 15) is 18.8 Å². The summed E-state index contributed by atoms with van der Waals surface area (Å²) in [5, 5.41) is 0. The van der Waals surface area contributed by atoms with Gasteiger partial charge in [-0.15, -0.1) is 0 Å². The van der Waals surface area contributed by atoms with Gasteiger partial charge >= 0.3 is 5.97 Å². The van der Waals surface area contributed by atoms with Crippen molar-refractivity contribution >= 4 is 17.7 Å². The monoisotopic (exact) mass is 372 g/mol. The van der Waals surface area contributed by atoms with Gasteiger partial charge in [-0.1, -0.05) is 12.1 Å². The highest BCUT2D eigenvalue weighted by Gasteiger charge is 2.32. The summed E-state index contributed by atoms with van der Waals surface area (Å²) < 4.78 is 18.5. The standard InChI is InChI=1S/C20H21FN2O4/c1-3-27-20(26)15-12(2)22-17(16(15)13-6-8-14(21)9-7-13)18(24)19(25)23-10-4-5-11-23/h6-9,22H,3-5,10-11H2,1-2H3. The molecule has 1 N–H and O–H groups in total. The van der Waals surface area contributed by atoms with Crippen LogP contribution in [0.4, 0.5) is 4.39 Å². The zero-order valence-corrected chi connectivity index (χ0v) is 15.3. The van der Waals surface area contributed by atoms with Gasteiger partial charge in [0.2, 0.25) is 0 Å². The molecule has 27 heavy (non-hydrogen) atoms. The van der Waals surface area contributed by atoms with E-state index in [1.54, 1.807) is 13.8 Å². The van der Waals surface area contributed by atoms with E-state index < -0.39 is 23.5 Å². The SMILES string of the molecule is CCOC(=O)c1c(C)[nH]c(C(=O)C(=O)N2CCCC2)c1-c1ccc(F)cc1. The van der Waals surface area contributed by atoms with Gasteiger partial charge in [0.15, 0.2) is 0 Å². The normalized spacial score (nSPS) is 13.7. The first kappa shape index (κ1) is 18.8. The maximum absolute atomic E-state index is 13.4. The molecule has 1 saturated heterocycles. The molecule has 1 fully saturated rings. The number of aromatic nitrogens is 1. The Morgan fingerprint density at radius 1 is 1.15 bits per heavy atom. The largest absolute Gasteiger partial charge is 0.462 e. The molecule has 2 aromatic rings. The van der Waals surface area contributed by atoms with Crippen LogP contribution in [0.15, 0.2) is 24.3 Å². The molecule has 0 bridgehead atoms. The number of aryl methyl sites for hydroxylation is 1. The number of hydrogen-bond acceptors (Lipinski definition) is 4. The molecule has 7 heteroatoms. The third-order valence-corrected chi connectivity index (χ3v) is 4.61. The number of nitrogens with one attached hydrogen (secondary N) is 1. The average Bonchev–Trinajstić information content (AvgIpc) is 3.29. The number of likely N-dealkylation sites (tertiary alicyclic amines) is 1. The molecule has 1 aromatic heterocycles. The number of nitrogens with zero attached hydrogens (tertiary/aromatic N) is 1. The minimum Gasteiger partial charge on any atom is -0.462 e. The summed E-state index contributed by atoms with van der Waals surface area (Å²) in [5.74, 6) is -2.36. The van der Waals surface area contributed by atoms with E-state index >= 15 is 0 Å². The van der Waals surface area contributed by atoms with E-state index in [0.29, 0.717) is 24.3 Å². The second kappa shape index (κ2) is 7.73. The van der Waals surface area contributed by atoms with Crippen molar-refractivity contribution in [2.24, 2.45) is 0 Å². The molecule has 2 heterocycles. The number of halogens is 1. The number of Topliss-reactive ketones (excluding diaryl/α,β-unsaturated/α-hetero) is 1. The van der Waals surface area contributed by atoms with E-state index in [1.165, 1.54) is 29.2 Å². The van der Waals surface area contributed by atoms with Crippen LogP contribution in [0.5, 0.6) is 0 Å². The summed E-state index contributed by atoms with van der Waals surface area (Å²) in [7, 11) is 0. The lowest BCUT2D eigenvalue weighted by atomic mass is 9.98. The summed E-state index contributed by atoms with van der Waals surface area (Å²) in [6.07, 6.45) is 1.73. The minimum absolute atomic E-state index is 0.0269. The molecule has 1 aliphatic heterocycles. The lowest BCUT2D eigenvalue weighted by Crippen LogP contribution is -2.34. The Bertz CT molecular complexity index is 880. The summed E-state index contributed by atoms with van der Waals surface area (Å²) in [4.78, 5) is 42.3. The van der Waals surface area contributed by atoms with Gasteiger partial charge in [0, 0.05) is 24.3 Å². The van der Waals surface area contributed by atoms with Crippen LogP contribution in [0.3, 0.4) is 0 Å². The van der Waals surface area contributed by atoms with E-state index in [2.05, 4.69) is 4.98 Å². The molecule has 1 aliphatic rings. The van der Waals surface area contributed by atoms with Gasteiger partial charge in [-0.3, -0.25) is 9.59 Å². The second-order valence-electron chi connectivity index (χ2n) is 6.43. The number of carbonyl (C=O) groups excluding carboxylic acids is 3. The Labute approximate surface area is 156 Å². The van der Waals surface area contributed by atoms with Gasteiger partial charge in [0.25, 0.3) is 11.7 Å². The van der Waals surface area contributed by atoms with Crippen molar-refractivity contribution in [3.63, 3.8) is 0 Å². The van der Waals surface area contributed by atoms with Crippen molar-refractivity contribution in [1.82, 2.24) is 9.88 Å². The number of amides is 1. The van der Waals surface area contributed by atoms with Crippen LogP contribution >= 0.6 is 0 Å². The molecule has 0 aliphatic carbocycles. The van der Waals surface area contributed by atoms with Crippen LogP contribution < -0.4 is 0 Å².